The molecule has 1 aliphatic heterocycles. The fourth-order valence-corrected chi connectivity index (χ4v) is 2.22. The summed E-state index contributed by atoms with van der Waals surface area (Å²) in [6.07, 6.45) is 15.6. The van der Waals surface area contributed by atoms with Crippen molar-refractivity contribution < 1.29 is 4.74 Å². The van der Waals surface area contributed by atoms with Gasteiger partial charge in [-0.2, -0.15) is 0 Å². The van der Waals surface area contributed by atoms with Crippen molar-refractivity contribution in [2.24, 2.45) is 0 Å². The Morgan fingerprint density at radius 2 is 1.41 bits per heavy atom. The number of ether oxygens (including phenoxy) is 1. The van der Waals surface area contributed by atoms with Gasteiger partial charge in [0, 0.05) is 13.2 Å². The topological polar surface area (TPSA) is 21.3 Å². The average molecular weight is 241 g/mol. The highest BCUT2D eigenvalue weighted by molar-refractivity contribution is 4.67. The minimum atomic E-state index is 0.383. The summed E-state index contributed by atoms with van der Waals surface area (Å²) in [5, 5.41) is 3.26. The van der Waals surface area contributed by atoms with Gasteiger partial charge in [0.15, 0.2) is 0 Å². The van der Waals surface area contributed by atoms with Crippen molar-refractivity contribution in [1.29, 1.82) is 0 Å². The Kier molecular flexibility index (Phi) is 9.72. The lowest BCUT2D eigenvalue weighted by Crippen LogP contribution is -2.44. The summed E-state index contributed by atoms with van der Waals surface area (Å²) in [6, 6.07) is 0. The second-order valence-corrected chi connectivity index (χ2v) is 5.28. The first-order chi connectivity index (χ1) is 8.43. The molecule has 2 nitrogen and oxygen atoms in total. The smallest absolute Gasteiger partial charge is 0.109 e. The van der Waals surface area contributed by atoms with Gasteiger partial charge in [0.25, 0.3) is 0 Å². The zero-order valence-electron chi connectivity index (χ0n) is 11.7. The highest BCUT2D eigenvalue weighted by Crippen LogP contribution is 2.11. The number of hydrogen-bond acceptors (Lipinski definition) is 2. The Morgan fingerprint density at radius 3 is 1.88 bits per heavy atom. The predicted molar refractivity (Wildman–Crippen MR) is 74.2 cm³/mol. The van der Waals surface area contributed by atoms with E-state index in [1.807, 2.05) is 0 Å². The van der Waals surface area contributed by atoms with Crippen molar-refractivity contribution in [3.8, 4) is 0 Å². The van der Waals surface area contributed by atoms with Crippen LogP contribution in [0.25, 0.3) is 0 Å². The quantitative estimate of drug-likeness (QED) is 0.516. The first kappa shape index (κ1) is 15.0. The molecule has 1 aliphatic rings. The second kappa shape index (κ2) is 11.0. The molecule has 0 aliphatic carbocycles. The molecule has 0 saturated carbocycles. The van der Waals surface area contributed by atoms with Crippen LogP contribution in [-0.4, -0.2) is 19.4 Å². The largest absolute Gasteiger partial charge is 0.363 e. The van der Waals surface area contributed by atoms with E-state index in [0.717, 1.165) is 13.2 Å². The van der Waals surface area contributed by atoms with Gasteiger partial charge in [-0.15, -0.1) is 0 Å². The Hall–Kier alpha value is -0.0800. The van der Waals surface area contributed by atoms with Crippen LogP contribution < -0.4 is 5.32 Å². The Balaban J connectivity index is 1.64. The van der Waals surface area contributed by atoms with Gasteiger partial charge in [-0.25, -0.2) is 0 Å². The summed E-state index contributed by atoms with van der Waals surface area (Å²) < 4.78 is 5.64. The monoisotopic (exact) mass is 241 g/mol. The first-order valence-corrected chi connectivity index (χ1v) is 7.78. The molecule has 0 aromatic heterocycles. The molecule has 17 heavy (non-hydrogen) atoms. The molecule has 2 heteroatoms. The standard InChI is InChI=1S/C15H31NO/c1-2-3-4-5-6-7-8-9-10-11-14-17-15-12-13-16-15/h15-16H,2-14H2,1H3. The lowest BCUT2D eigenvalue weighted by atomic mass is 10.1. The average Bonchev–Trinajstić information content (AvgIpc) is 2.28. The molecule has 102 valence electrons. The molecule has 0 aromatic rings. The SMILES string of the molecule is CCCCCCCCCCCCOC1CCN1. The summed E-state index contributed by atoms with van der Waals surface area (Å²) in [5.74, 6) is 0. The van der Waals surface area contributed by atoms with Gasteiger partial charge in [-0.1, -0.05) is 64.7 Å². The van der Waals surface area contributed by atoms with Crippen LogP contribution in [0.1, 0.15) is 77.6 Å². The molecule has 1 rings (SSSR count). The maximum atomic E-state index is 5.64. The number of rotatable bonds is 12. The maximum absolute atomic E-state index is 5.64. The fourth-order valence-electron chi connectivity index (χ4n) is 2.22. The van der Waals surface area contributed by atoms with Crippen molar-refractivity contribution in [2.45, 2.75) is 83.8 Å². The molecule has 1 atom stereocenters. The van der Waals surface area contributed by atoms with E-state index in [-0.39, 0.29) is 0 Å². The molecular formula is C15H31NO. The van der Waals surface area contributed by atoms with Crippen molar-refractivity contribution in [3.05, 3.63) is 0 Å². The van der Waals surface area contributed by atoms with E-state index >= 15 is 0 Å². The molecule has 1 unspecified atom stereocenters. The summed E-state index contributed by atoms with van der Waals surface area (Å²) in [6.45, 7) is 4.37. The zero-order valence-corrected chi connectivity index (χ0v) is 11.7. The predicted octanol–water partition coefficient (Wildman–Crippen LogP) is 4.24. The van der Waals surface area contributed by atoms with E-state index < -0.39 is 0 Å². The first-order valence-electron chi connectivity index (χ1n) is 7.78. The minimum Gasteiger partial charge on any atom is -0.363 e. The number of nitrogens with one attached hydrogen (secondary N) is 1. The molecule has 0 aromatic carbocycles. The molecule has 0 amide bonds. The molecule has 0 bridgehead atoms. The molecule has 1 fully saturated rings. The number of hydrogen-bond donors (Lipinski definition) is 1. The van der Waals surface area contributed by atoms with Crippen LogP contribution in [0.5, 0.6) is 0 Å². The lowest BCUT2D eigenvalue weighted by molar-refractivity contribution is -0.0148. The van der Waals surface area contributed by atoms with Crippen LogP contribution in [0, 0.1) is 0 Å². The summed E-state index contributed by atoms with van der Waals surface area (Å²) >= 11 is 0. The van der Waals surface area contributed by atoms with E-state index in [9.17, 15) is 0 Å². The van der Waals surface area contributed by atoms with E-state index in [0.29, 0.717) is 6.23 Å². The highest BCUT2D eigenvalue weighted by atomic mass is 16.5. The summed E-state index contributed by atoms with van der Waals surface area (Å²) in [5.41, 5.74) is 0. The Morgan fingerprint density at radius 1 is 0.882 bits per heavy atom. The molecule has 0 radical (unpaired) electrons. The van der Waals surface area contributed by atoms with Gasteiger partial charge in [0.1, 0.15) is 6.23 Å². The van der Waals surface area contributed by atoms with E-state index in [1.54, 1.807) is 0 Å². The van der Waals surface area contributed by atoms with Crippen molar-refractivity contribution in [2.75, 3.05) is 13.2 Å². The number of unbranched alkanes of at least 4 members (excludes halogenated alkanes) is 9. The van der Waals surface area contributed by atoms with Gasteiger partial charge >= 0.3 is 0 Å². The molecule has 1 N–H and O–H groups in total. The van der Waals surface area contributed by atoms with Crippen LogP contribution in [0.15, 0.2) is 0 Å². The van der Waals surface area contributed by atoms with E-state index in [2.05, 4.69) is 12.2 Å². The van der Waals surface area contributed by atoms with Crippen LogP contribution in [0.4, 0.5) is 0 Å². The van der Waals surface area contributed by atoms with Crippen molar-refractivity contribution in [1.82, 2.24) is 5.32 Å². The lowest BCUT2D eigenvalue weighted by Gasteiger charge is -2.27. The summed E-state index contributed by atoms with van der Waals surface area (Å²) in [4.78, 5) is 0. The highest BCUT2D eigenvalue weighted by Gasteiger charge is 2.15. The van der Waals surface area contributed by atoms with Crippen LogP contribution in [-0.2, 0) is 4.74 Å². The van der Waals surface area contributed by atoms with Gasteiger partial charge in [-0.3, -0.25) is 5.32 Å². The van der Waals surface area contributed by atoms with Crippen LogP contribution in [0.3, 0.4) is 0 Å². The maximum Gasteiger partial charge on any atom is 0.109 e. The molecular weight excluding hydrogens is 210 g/mol. The third-order valence-electron chi connectivity index (χ3n) is 3.60. The molecule has 1 heterocycles. The van der Waals surface area contributed by atoms with Gasteiger partial charge < -0.3 is 4.74 Å². The third kappa shape index (κ3) is 8.62. The molecule has 0 spiro atoms. The molecule has 1 saturated heterocycles. The third-order valence-corrected chi connectivity index (χ3v) is 3.60. The zero-order chi connectivity index (χ0) is 12.2. The van der Waals surface area contributed by atoms with Crippen LogP contribution >= 0.6 is 0 Å². The Labute approximate surface area is 108 Å². The summed E-state index contributed by atoms with van der Waals surface area (Å²) in [7, 11) is 0. The van der Waals surface area contributed by atoms with Crippen LogP contribution in [0.2, 0.25) is 0 Å². The minimum absolute atomic E-state index is 0.383. The second-order valence-electron chi connectivity index (χ2n) is 5.28. The normalized spacial score (nSPS) is 19.2. The van der Waals surface area contributed by atoms with Gasteiger partial charge in [-0.05, 0) is 12.8 Å². The van der Waals surface area contributed by atoms with E-state index in [4.69, 9.17) is 4.74 Å². The van der Waals surface area contributed by atoms with Gasteiger partial charge in [0.2, 0.25) is 0 Å². The fraction of sp³-hybridized carbons (Fsp3) is 1.00. The van der Waals surface area contributed by atoms with Gasteiger partial charge in [0.05, 0.1) is 0 Å². The van der Waals surface area contributed by atoms with Crippen molar-refractivity contribution in [3.63, 3.8) is 0 Å². The van der Waals surface area contributed by atoms with Crippen molar-refractivity contribution >= 4 is 0 Å². The Bertz CT molecular complexity index is 157. The van der Waals surface area contributed by atoms with E-state index in [1.165, 1.54) is 70.6 Å².